The Kier molecular flexibility index (Phi) is 3.77. The molecule has 0 aliphatic heterocycles. The van der Waals surface area contributed by atoms with Crippen LogP contribution in [0.15, 0.2) is 0 Å². The van der Waals surface area contributed by atoms with E-state index in [1.54, 1.807) is 0 Å². The molecule has 1 aliphatic carbocycles. The van der Waals surface area contributed by atoms with Crippen LogP contribution in [0.4, 0.5) is 0 Å². The van der Waals surface area contributed by atoms with E-state index >= 15 is 0 Å². The van der Waals surface area contributed by atoms with Crippen molar-refractivity contribution in [3.8, 4) is 0 Å². The summed E-state index contributed by atoms with van der Waals surface area (Å²) in [6, 6.07) is 0. The van der Waals surface area contributed by atoms with E-state index < -0.39 is 0 Å². The molecule has 0 aromatic rings. The summed E-state index contributed by atoms with van der Waals surface area (Å²) in [7, 11) is 0. The van der Waals surface area contributed by atoms with Crippen LogP contribution in [0.25, 0.3) is 0 Å². The number of rotatable bonds is 3. The number of ketones is 1. The first kappa shape index (κ1) is 9.76. The van der Waals surface area contributed by atoms with E-state index in [0.29, 0.717) is 17.6 Å². The molecule has 2 unspecified atom stereocenters. The van der Waals surface area contributed by atoms with Gasteiger partial charge in [0.2, 0.25) is 0 Å². The van der Waals surface area contributed by atoms with Gasteiger partial charge in [-0.1, -0.05) is 33.1 Å². The summed E-state index contributed by atoms with van der Waals surface area (Å²) in [6.45, 7) is 4.27. The van der Waals surface area contributed by atoms with Gasteiger partial charge in [-0.15, -0.1) is 0 Å². The highest BCUT2D eigenvalue weighted by atomic mass is 16.1. The third kappa shape index (κ3) is 2.33. The second-order valence-corrected chi connectivity index (χ2v) is 4.07. The molecule has 0 bridgehead atoms. The molecular weight excluding hydrogens is 148 g/mol. The van der Waals surface area contributed by atoms with Crippen LogP contribution >= 0.6 is 0 Å². The van der Waals surface area contributed by atoms with Crippen molar-refractivity contribution in [1.82, 2.24) is 0 Å². The summed E-state index contributed by atoms with van der Waals surface area (Å²) >= 11 is 0. The van der Waals surface area contributed by atoms with Gasteiger partial charge < -0.3 is 0 Å². The highest BCUT2D eigenvalue weighted by Crippen LogP contribution is 2.28. The quantitative estimate of drug-likeness (QED) is 0.632. The maximum atomic E-state index is 11.6. The van der Waals surface area contributed by atoms with E-state index in [-0.39, 0.29) is 0 Å². The van der Waals surface area contributed by atoms with Gasteiger partial charge in [-0.3, -0.25) is 4.79 Å². The molecule has 0 aromatic carbocycles. The van der Waals surface area contributed by atoms with Gasteiger partial charge >= 0.3 is 0 Å². The summed E-state index contributed by atoms with van der Waals surface area (Å²) in [4.78, 5) is 11.6. The molecule has 0 saturated heterocycles. The third-order valence-electron chi connectivity index (χ3n) is 2.98. The first-order chi connectivity index (χ1) is 5.75. The van der Waals surface area contributed by atoms with Gasteiger partial charge in [0.05, 0.1) is 0 Å². The number of hydrogen-bond acceptors (Lipinski definition) is 1. The Morgan fingerprint density at radius 3 is 2.83 bits per heavy atom. The molecule has 1 aliphatic rings. The van der Waals surface area contributed by atoms with Gasteiger partial charge in [-0.05, 0) is 19.3 Å². The van der Waals surface area contributed by atoms with Crippen LogP contribution in [0.2, 0.25) is 0 Å². The molecule has 1 saturated carbocycles. The summed E-state index contributed by atoms with van der Waals surface area (Å²) in [5.74, 6) is 1.30. The summed E-state index contributed by atoms with van der Waals surface area (Å²) in [5.41, 5.74) is 0. The first-order valence-electron chi connectivity index (χ1n) is 5.29. The summed E-state index contributed by atoms with van der Waals surface area (Å²) < 4.78 is 0. The average molecular weight is 168 g/mol. The van der Waals surface area contributed by atoms with Gasteiger partial charge in [0, 0.05) is 11.8 Å². The number of hydrogen-bond donors (Lipinski definition) is 0. The van der Waals surface area contributed by atoms with E-state index in [1.165, 1.54) is 19.3 Å². The largest absolute Gasteiger partial charge is 0.299 e. The van der Waals surface area contributed by atoms with Crippen LogP contribution in [0.3, 0.4) is 0 Å². The lowest BCUT2D eigenvalue weighted by Crippen LogP contribution is -2.26. The zero-order chi connectivity index (χ0) is 8.97. The molecule has 0 heterocycles. The number of Topliss-reactive ketones (excluding diaryl/α,β-unsaturated/α-hetero) is 1. The monoisotopic (exact) mass is 168 g/mol. The Morgan fingerprint density at radius 1 is 1.42 bits per heavy atom. The summed E-state index contributed by atoms with van der Waals surface area (Å²) in [6.07, 6.45) is 7.13. The van der Waals surface area contributed by atoms with Gasteiger partial charge in [-0.2, -0.15) is 0 Å². The van der Waals surface area contributed by atoms with Crippen LogP contribution in [-0.4, -0.2) is 5.78 Å². The average Bonchev–Trinajstić information content (AvgIpc) is 2.08. The molecule has 0 radical (unpaired) electrons. The SMILES string of the molecule is CCCCC1CCCC(C)C1=O. The van der Waals surface area contributed by atoms with Crippen molar-refractivity contribution < 1.29 is 4.79 Å². The Hall–Kier alpha value is -0.330. The Labute approximate surface area is 75.5 Å². The summed E-state index contributed by atoms with van der Waals surface area (Å²) in [5, 5.41) is 0. The fourth-order valence-corrected chi connectivity index (χ4v) is 2.09. The zero-order valence-electron chi connectivity index (χ0n) is 8.31. The molecule has 0 amide bonds. The van der Waals surface area contributed by atoms with Crippen molar-refractivity contribution in [3.05, 3.63) is 0 Å². The second kappa shape index (κ2) is 4.64. The number of unbranched alkanes of at least 4 members (excludes halogenated alkanes) is 1. The molecule has 0 aromatic heterocycles. The highest BCUT2D eigenvalue weighted by molar-refractivity contribution is 5.83. The van der Waals surface area contributed by atoms with Crippen LogP contribution < -0.4 is 0 Å². The third-order valence-corrected chi connectivity index (χ3v) is 2.98. The number of carbonyl (C=O) groups is 1. The van der Waals surface area contributed by atoms with Gasteiger partial charge in [-0.25, -0.2) is 0 Å². The lowest BCUT2D eigenvalue weighted by molar-refractivity contribution is -0.128. The van der Waals surface area contributed by atoms with Gasteiger partial charge in [0.15, 0.2) is 0 Å². The molecule has 70 valence electrons. The maximum Gasteiger partial charge on any atom is 0.138 e. The predicted octanol–water partition coefficient (Wildman–Crippen LogP) is 3.18. The zero-order valence-corrected chi connectivity index (χ0v) is 8.31. The lowest BCUT2D eigenvalue weighted by Gasteiger charge is -2.25. The topological polar surface area (TPSA) is 17.1 Å². The molecule has 0 spiro atoms. The van der Waals surface area contributed by atoms with E-state index in [9.17, 15) is 4.79 Å². The van der Waals surface area contributed by atoms with E-state index in [2.05, 4.69) is 13.8 Å². The molecule has 1 nitrogen and oxygen atoms in total. The van der Waals surface area contributed by atoms with Crippen molar-refractivity contribution in [2.45, 2.75) is 52.4 Å². The first-order valence-corrected chi connectivity index (χ1v) is 5.29. The van der Waals surface area contributed by atoms with Crippen LogP contribution in [0, 0.1) is 11.8 Å². The van der Waals surface area contributed by atoms with E-state index in [0.717, 1.165) is 19.3 Å². The van der Waals surface area contributed by atoms with E-state index in [4.69, 9.17) is 0 Å². The molecule has 12 heavy (non-hydrogen) atoms. The molecule has 1 rings (SSSR count). The minimum atomic E-state index is 0.348. The van der Waals surface area contributed by atoms with Crippen LogP contribution in [-0.2, 0) is 4.79 Å². The van der Waals surface area contributed by atoms with Gasteiger partial charge in [0.25, 0.3) is 0 Å². The smallest absolute Gasteiger partial charge is 0.138 e. The fraction of sp³-hybridized carbons (Fsp3) is 0.909. The van der Waals surface area contributed by atoms with E-state index in [1.807, 2.05) is 0 Å². The van der Waals surface area contributed by atoms with Crippen molar-refractivity contribution in [2.75, 3.05) is 0 Å². The Balaban J connectivity index is 2.36. The van der Waals surface area contributed by atoms with Crippen LogP contribution in [0.5, 0.6) is 0 Å². The van der Waals surface area contributed by atoms with Gasteiger partial charge in [0.1, 0.15) is 5.78 Å². The van der Waals surface area contributed by atoms with Crippen molar-refractivity contribution in [1.29, 1.82) is 0 Å². The standard InChI is InChI=1S/C11H20O/c1-3-4-7-10-8-5-6-9(2)11(10)12/h9-10H,3-8H2,1-2H3. The fourth-order valence-electron chi connectivity index (χ4n) is 2.09. The molecule has 0 N–H and O–H groups in total. The molecule has 2 atom stereocenters. The molecule has 1 fully saturated rings. The normalized spacial score (nSPS) is 30.7. The van der Waals surface area contributed by atoms with Crippen molar-refractivity contribution in [3.63, 3.8) is 0 Å². The Bertz CT molecular complexity index is 151. The van der Waals surface area contributed by atoms with Crippen molar-refractivity contribution >= 4 is 5.78 Å². The lowest BCUT2D eigenvalue weighted by atomic mass is 9.79. The maximum absolute atomic E-state index is 11.6. The second-order valence-electron chi connectivity index (χ2n) is 4.07. The number of carbonyl (C=O) groups excluding carboxylic acids is 1. The Morgan fingerprint density at radius 2 is 2.17 bits per heavy atom. The minimum Gasteiger partial charge on any atom is -0.299 e. The molecular formula is C11H20O. The highest BCUT2D eigenvalue weighted by Gasteiger charge is 2.26. The van der Waals surface area contributed by atoms with Crippen molar-refractivity contribution in [2.24, 2.45) is 11.8 Å². The molecule has 1 heteroatoms. The van der Waals surface area contributed by atoms with Crippen LogP contribution in [0.1, 0.15) is 52.4 Å². The predicted molar refractivity (Wildman–Crippen MR) is 51.0 cm³/mol. The minimum absolute atomic E-state index is 0.348.